The van der Waals surface area contributed by atoms with E-state index in [1.807, 2.05) is 0 Å². The maximum Gasteiger partial charge on any atom is 0.0161 e. The number of likely N-dealkylation sites (tertiary alicyclic amines) is 1. The minimum Gasteiger partial charge on any atom is -0.290 e. The van der Waals surface area contributed by atoms with Crippen LogP contribution in [-0.4, -0.2) is 22.0 Å². The van der Waals surface area contributed by atoms with Crippen molar-refractivity contribution in [1.82, 2.24) is 4.90 Å². The maximum absolute atomic E-state index is 2.83. The SMILES string of the molecule is CCCC(CC)N1C(C)(C)CCCC1(C)C. The average molecular weight is 225 g/mol. The Labute approximate surface area is 103 Å². The summed E-state index contributed by atoms with van der Waals surface area (Å²) in [5.74, 6) is 0. The molecule has 1 aliphatic rings. The summed E-state index contributed by atoms with van der Waals surface area (Å²) >= 11 is 0. The van der Waals surface area contributed by atoms with Gasteiger partial charge in [-0.05, 0) is 59.8 Å². The second-order valence-corrected chi connectivity index (χ2v) is 6.70. The molecule has 0 spiro atoms. The Morgan fingerprint density at radius 1 is 1.00 bits per heavy atom. The van der Waals surface area contributed by atoms with Crippen LogP contribution in [0.2, 0.25) is 0 Å². The molecule has 96 valence electrons. The van der Waals surface area contributed by atoms with Crippen molar-refractivity contribution in [3.63, 3.8) is 0 Å². The largest absolute Gasteiger partial charge is 0.290 e. The standard InChI is InChI=1S/C15H31N/c1-7-10-13(8-2)16-14(3,4)11-9-12-15(16,5)6/h13H,7-12H2,1-6H3. The Kier molecular flexibility index (Phi) is 4.45. The topological polar surface area (TPSA) is 3.24 Å². The van der Waals surface area contributed by atoms with Gasteiger partial charge in [-0.1, -0.05) is 20.3 Å². The highest BCUT2D eigenvalue weighted by Crippen LogP contribution is 2.41. The van der Waals surface area contributed by atoms with Crippen LogP contribution in [0.5, 0.6) is 0 Å². The van der Waals surface area contributed by atoms with Crippen LogP contribution in [0, 0.1) is 0 Å². The predicted molar refractivity (Wildman–Crippen MR) is 72.8 cm³/mol. The lowest BCUT2D eigenvalue weighted by atomic mass is 9.77. The van der Waals surface area contributed by atoms with Crippen LogP contribution in [0.25, 0.3) is 0 Å². The van der Waals surface area contributed by atoms with Crippen molar-refractivity contribution < 1.29 is 0 Å². The van der Waals surface area contributed by atoms with E-state index in [-0.39, 0.29) is 0 Å². The van der Waals surface area contributed by atoms with Crippen molar-refractivity contribution in [2.24, 2.45) is 0 Å². The highest BCUT2D eigenvalue weighted by atomic mass is 15.3. The number of rotatable bonds is 4. The molecular formula is C15H31N. The lowest BCUT2D eigenvalue weighted by Crippen LogP contribution is -2.62. The molecule has 1 nitrogen and oxygen atoms in total. The molecule has 1 unspecified atom stereocenters. The van der Waals surface area contributed by atoms with Gasteiger partial charge in [0, 0.05) is 17.1 Å². The summed E-state index contributed by atoms with van der Waals surface area (Å²) in [6.45, 7) is 14.4. The molecule has 1 fully saturated rings. The van der Waals surface area contributed by atoms with Gasteiger partial charge in [0.15, 0.2) is 0 Å². The molecule has 16 heavy (non-hydrogen) atoms. The summed E-state index contributed by atoms with van der Waals surface area (Å²) in [5.41, 5.74) is 0.773. The normalized spacial score (nSPS) is 26.6. The van der Waals surface area contributed by atoms with Crippen LogP contribution in [0.1, 0.15) is 80.1 Å². The number of nitrogens with zero attached hydrogens (tertiary/aromatic N) is 1. The Bertz CT molecular complexity index is 201. The van der Waals surface area contributed by atoms with E-state index >= 15 is 0 Å². The molecule has 1 rings (SSSR count). The third-order valence-corrected chi connectivity index (χ3v) is 4.34. The zero-order valence-electron chi connectivity index (χ0n) is 12.3. The van der Waals surface area contributed by atoms with E-state index in [1.165, 1.54) is 38.5 Å². The maximum atomic E-state index is 2.83. The van der Waals surface area contributed by atoms with Crippen molar-refractivity contribution in [3.05, 3.63) is 0 Å². The zero-order chi connectivity index (χ0) is 12.4. The van der Waals surface area contributed by atoms with Crippen molar-refractivity contribution >= 4 is 0 Å². The van der Waals surface area contributed by atoms with Crippen LogP contribution in [-0.2, 0) is 0 Å². The lowest BCUT2D eigenvalue weighted by molar-refractivity contribution is -0.0647. The summed E-state index contributed by atoms with van der Waals surface area (Å²) in [7, 11) is 0. The van der Waals surface area contributed by atoms with Gasteiger partial charge in [-0.25, -0.2) is 0 Å². The van der Waals surface area contributed by atoms with E-state index in [0.717, 1.165) is 6.04 Å². The van der Waals surface area contributed by atoms with Crippen molar-refractivity contribution in [3.8, 4) is 0 Å². The molecule has 1 heteroatoms. The van der Waals surface area contributed by atoms with Crippen LogP contribution in [0.3, 0.4) is 0 Å². The quantitative estimate of drug-likeness (QED) is 0.675. The molecule has 0 aromatic carbocycles. The van der Waals surface area contributed by atoms with E-state index in [2.05, 4.69) is 46.4 Å². The molecule has 1 atom stereocenters. The highest BCUT2D eigenvalue weighted by Gasteiger charge is 2.43. The summed E-state index contributed by atoms with van der Waals surface area (Å²) in [4.78, 5) is 2.83. The Hall–Kier alpha value is -0.0400. The molecule has 0 aliphatic carbocycles. The number of hydrogen-bond donors (Lipinski definition) is 0. The molecule has 1 saturated heterocycles. The molecule has 0 saturated carbocycles. The minimum absolute atomic E-state index is 0.387. The molecule has 1 aliphatic heterocycles. The second-order valence-electron chi connectivity index (χ2n) is 6.70. The Balaban J connectivity index is 2.92. The molecule has 0 N–H and O–H groups in total. The van der Waals surface area contributed by atoms with E-state index in [0.29, 0.717) is 11.1 Å². The Morgan fingerprint density at radius 3 is 1.88 bits per heavy atom. The van der Waals surface area contributed by atoms with Crippen molar-refractivity contribution in [2.75, 3.05) is 0 Å². The first kappa shape index (κ1) is 14.0. The first-order chi connectivity index (χ1) is 7.35. The smallest absolute Gasteiger partial charge is 0.0161 e. The summed E-state index contributed by atoms with van der Waals surface area (Å²) in [6.07, 6.45) is 8.05. The monoisotopic (exact) mass is 225 g/mol. The molecular weight excluding hydrogens is 194 g/mol. The third kappa shape index (κ3) is 2.80. The van der Waals surface area contributed by atoms with Crippen molar-refractivity contribution in [1.29, 1.82) is 0 Å². The van der Waals surface area contributed by atoms with Crippen LogP contribution >= 0.6 is 0 Å². The molecule has 1 heterocycles. The first-order valence-corrected chi connectivity index (χ1v) is 7.14. The van der Waals surface area contributed by atoms with E-state index in [1.54, 1.807) is 0 Å². The fourth-order valence-corrected chi connectivity index (χ4v) is 3.85. The second kappa shape index (κ2) is 5.08. The van der Waals surface area contributed by atoms with Crippen molar-refractivity contribution in [2.45, 2.75) is 97.2 Å². The first-order valence-electron chi connectivity index (χ1n) is 7.14. The fraction of sp³-hybridized carbons (Fsp3) is 1.00. The van der Waals surface area contributed by atoms with Gasteiger partial charge in [0.25, 0.3) is 0 Å². The summed E-state index contributed by atoms with van der Waals surface area (Å²) in [5, 5.41) is 0. The van der Waals surface area contributed by atoms with Gasteiger partial charge in [0.1, 0.15) is 0 Å². The van der Waals surface area contributed by atoms with Gasteiger partial charge in [-0.3, -0.25) is 4.90 Å². The Morgan fingerprint density at radius 2 is 1.50 bits per heavy atom. The average Bonchev–Trinajstić information content (AvgIpc) is 2.13. The summed E-state index contributed by atoms with van der Waals surface area (Å²) in [6, 6.07) is 0.773. The van der Waals surface area contributed by atoms with Gasteiger partial charge in [0.05, 0.1) is 0 Å². The number of hydrogen-bond acceptors (Lipinski definition) is 1. The third-order valence-electron chi connectivity index (χ3n) is 4.34. The zero-order valence-corrected chi connectivity index (χ0v) is 12.3. The van der Waals surface area contributed by atoms with Gasteiger partial charge in [-0.15, -0.1) is 0 Å². The lowest BCUT2D eigenvalue weighted by Gasteiger charge is -2.56. The van der Waals surface area contributed by atoms with Crippen LogP contribution in [0.15, 0.2) is 0 Å². The molecule has 0 bridgehead atoms. The molecule has 0 aromatic heterocycles. The van der Waals surface area contributed by atoms with E-state index in [4.69, 9.17) is 0 Å². The van der Waals surface area contributed by atoms with E-state index in [9.17, 15) is 0 Å². The predicted octanol–water partition coefficient (Wildman–Crippen LogP) is 4.61. The van der Waals surface area contributed by atoms with Gasteiger partial charge in [0.2, 0.25) is 0 Å². The molecule has 0 aromatic rings. The van der Waals surface area contributed by atoms with Gasteiger partial charge >= 0.3 is 0 Å². The van der Waals surface area contributed by atoms with Crippen LogP contribution in [0.4, 0.5) is 0 Å². The van der Waals surface area contributed by atoms with Gasteiger partial charge in [-0.2, -0.15) is 0 Å². The molecule has 0 radical (unpaired) electrons. The highest BCUT2D eigenvalue weighted by molar-refractivity contribution is 4.99. The minimum atomic E-state index is 0.387. The fourth-order valence-electron chi connectivity index (χ4n) is 3.85. The van der Waals surface area contributed by atoms with E-state index < -0.39 is 0 Å². The van der Waals surface area contributed by atoms with Crippen LogP contribution < -0.4 is 0 Å². The molecule has 0 amide bonds. The van der Waals surface area contributed by atoms with Gasteiger partial charge < -0.3 is 0 Å². The number of piperidine rings is 1. The summed E-state index contributed by atoms with van der Waals surface area (Å²) < 4.78 is 0.